The number of hydrogen-bond acceptors (Lipinski definition) is 5. The van der Waals surface area contributed by atoms with Gasteiger partial charge in [-0.15, -0.1) is 0 Å². The molecule has 1 amide bonds. The molecule has 6 nitrogen and oxygen atoms in total. The molecule has 1 atom stereocenters. The lowest BCUT2D eigenvalue weighted by Gasteiger charge is -2.13. The van der Waals surface area contributed by atoms with Crippen LogP contribution in [0.5, 0.6) is 0 Å². The highest BCUT2D eigenvalue weighted by atomic mass is 35.5. The van der Waals surface area contributed by atoms with Crippen molar-refractivity contribution >= 4 is 17.5 Å². The second kappa shape index (κ2) is 7.48. The summed E-state index contributed by atoms with van der Waals surface area (Å²) < 4.78 is 5.09. The number of halogens is 1. The molecular weight excluding hydrogens is 364 g/mol. The molecule has 1 N–H and O–H groups in total. The van der Waals surface area contributed by atoms with Crippen LogP contribution in [-0.4, -0.2) is 27.6 Å². The third kappa shape index (κ3) is 4.17. The molecule has 0 aliphatic heterocycles. The zero-order valence-corrected chi connectivity index (χ0v) is 15.6. The zero-order chi connectivity index (χ0) is 18.8. The van der Waals surface area contributed by atoms with Gasteiger partial charge in [0.25, 0.3) is 5.91 Å². The highest BCUT2D eigenvalue weighted by molar-refractivity contribution is 6.30. The van der Waals surface area contributed by atoms with Crippen LogP contribution in [0.3, 0.4) is 0 Å². The normalized spacial score (nSPS) is 14.7. The lowest BCUT2D eigenvalue weighted by atomic mass is 10.0. The molecule has 7 heteroatoms. The Morgan fingerprint density at radius 3 is 2.78 bits per heavy atom. The Labute approximate surface area is 162 Å². The van der Waals surface area contributed by atoms with Crippen LogP contribution in [0.15, 0.2) is 47.0 Å². The van der Waals surface area contributed by atoms with Crippen molar-refractivity contribution in [3.05, 3.63) is 64.9 Å². The predicted molar refractivity (Wildman–Crippen MR) is 102 cm³/mol. The summed E-state index contributed by atoms with van der Waals surface area (Å²) in [6.07, 6.45) is 2.24. The second-order valence-electron chi connectivity index (χ2n) is 6.74. The van der Waals surface area contributed by atoms with E-state index in [1.54, 1.807) is 19.1 Å². The van der Waals surface area contributed by atoms with Crippen molar-refractivity contribution in [1.82, 2.24) is 20.4 Å². The molecule has 27 heavy (non-hydrogen) atoms. The van der Waals surface area contributed by atoms with Crippen molar-refractivity contribution in [3.63, 3.8) is 0 Å². The summed E-state index contributed by atoms with van der Waals surface area (Å²) in [6.45, 7) is 2.23. The maximum atomic E-state index is 12.6. The predicted octanol–water partition coefficient (Wildman–Crippen LogP) is 4.02. The Hall–Kier alpha value is -2.73. The van der Waals surface area contributed by atoms with Crippen LogP contribution in [0.1, 0.15) is 41.0 Å². The van der Waals surface area contributed by atoms with E-state index in [1.165, 1.54) is 0 Å². The van der Waals surface area contributed by atoms with Crippen molar-refractivity contribution in [2.24, 2.45) is 5.92 Å². The number of carbonyl (C=O) groups excluding carboxylic acids is 1. The van der Waals surface area contributed by atoms with Gasteiger partial charge in [0.2, 0.25) is 5.89 Å². The van der Waals surface area contributed by atoms with Gasteiger partial charge in [-0.2, -0.15) is 4.98 Å². The third-order valence-corrected chi connectivity index (χ3v) is 4.89. The number of rotatable bonds is 6. The molecule has 0 bridgehead atoms. The fraction of sp³-hybridized carbons (Fsp3) is 0.300. The molecule has 1 aliphatic rings. The molecule has 2 aromatic heterocycles. The first-order valence-corrected chi connectivity index (χ1v) is 9.29. The van der Waals surface area contributed by atoms with E-state index < -0.39 is 0 Å². The number of pyridine rings is 1. The van der Waals surface area contributed by atoms with Crippen LogP contribution in [0, 0.1) is 12.8 Å². The van der Waals surface area contributed by atoms with Crippen molar-refractivity contribution < 1.29 is 9.32 Å². The lowest BCUT2D eigenvalue weighted by Crippen LogP contribution is -2.30. The maximum absolute atomic E-state index is 12.6. The molecule has 0 spiro atoms. The minimum Gasteiger partial charge on any atom is -0.350 e. The molecule has 1 aromatic carbocycles. The maximum Gasteiger partial charge on any atom is 0.269 e. The van der Waals surface area contributed by atoms with Crippen LogP contribution < -0.4 is 5.32 Å². The Kier molecular flexibility index (Phi) is 4.90. The van der Waals surface area contributed by atoms with E-state index in [1.807, 2.05) is 30.3 Å². The van der Waals surface area contributed by atoms with E-state index in [4.69, 9.17) is 16.1 Å². The summed E-state index contributed by atoms with van der Waals surface area (Å²) in [5, 5.41) is 7.62. The number of aryl methyl sites for hydroxylation is 1. The monoisotopic (exact) mass is 382 g/mol. The van der Waals surface area contributed by atoms with Gasteiger partial charge >= 0.3 is 0 Å². The van der Waals surface area contributed by atoms with Gasteiger partial charge in [0.05, 0.1) is 5.69 Å². The Balaban J connectivity index is 1.47. The van der Waals surface area contributed by atoms with Crippen LogP contribution in [0.4, 0.5) is 0 Å². The molecule has 4 rings (SSSR count). The lowest BCUT2D eigenvalue weighted by molar-refractivity contribution is 0.0945. The minimum absolute atomic E-state index is 0.0718. The van der Waals surface area contributed by atoms with Gasteiger partial charge in [0.1, 0.15) is 5.69 Å². The molecule has 2 heterocycles. The molecular formula is C20H19ClN4O2. The topological polar surface area (TPSA) is 80.9 Å². The largest absolute Gasteiger partial charge is 0.350 e. The highest BCUT2D eigenvalue weighted by Gasteiger charge is 2.35. The minimum atomic E-state index is -0.218. The van der Waals surface area contributed by atoms with Crippen molar-refractivity contribution in [3.8, 4) is 11.3 Å². The second-order valence-corrected chi connectivity index (χ2v) is 7.18. The molecule has 1 fully saturated rings. The number of nitrogens with one attached hydrogen (secondary N) is 1. The van der Waals surface area contributed by atoms with Gasteiger partial charge in [-0.05, 0) is 43.0 Å². The average Bonchev–Trinajstić information content (AvgIpc) is 3.42. The van der Waals surface area contributed by atoms with E-state index in [2.05, 4.69) is 20.4 Å². The average molecular weight is 383 g/mol. The fourth-order valence-electron chi connectivity index (χ4n) is 3.10. The van der Waals surface area contributed by atoms with E-state index in [9.17, 15) is 4.79 Å². The summed E-state index contributed by atoms with van der Waals surface area (Å²) in [4.78, 5) is 21.4. The first kappa shape index (κ1) is 17.7. The van der Waals surface area contributed by atoms with Gasteiger partial charge in [-0.25, -0.2) is 4.98 Å². The van der Waals surface area contributed by atoms with Crippen molar-refractivity contribution in [2.45, 2.75) is 25.7 Å². The standard InChI is InChI=1S/C20H19ClN4O2/c1-12-23-19(25-27-12)16(13-8-9-13)11-22-20(26)18-7-3-6-17(24-18)14-4-2-5-15(21)10-14/h2-7,10,13,16H,8-9,11H2,1H3,(H,22,26)/t16-/m1/s1. The molecule has 3 aromatic rings. The molecule has 0 radical (unpaired) electrons. The number of hydrogen-bond donors (Lipinski definition) is 1. The van der Waals surface area contributed by atoms with Crippen LogP contribution in [-0.2, 0) is 0 Å². The molecule has 138 valence electrons. The number of aromatic nitrogens is 3. The number of amides is 1. The summed E-state index contributed by atoms with van der Waals surface area (Å²) in [7, 11) is 0. The van der Waals surface area contributed by atoms with Crippen molar-refractivity contribution in [1.29, 1.82) is 0 Å². The van der Waals surface area contributed by atoms with E-state index >= 15 is 0 Å². The van der Waals surface area contributed by atoms with Crippen LogP contribution in [0.25, 0.3) is 11.3 Å². The van der Waals surface area contributed by atoms with Gasteiger partial charge in [0, 0.05) is 30.0 Å². The third-order valence-electron chi connectivity index (χ3n) is 4.65. The van der Waals surface area contributed by atoms with E-state index in [0.717, 1.165) is 18.4 Å². The first-order chi connectivity index (χ1) is 13.1. The summed E-state index contributed by atoms with van der Waals surface area (Å²) in [6, 6.07) is 12.8. The van der Waals surface area contributed by atoms with Gasteiger partial charge in [-0.3, -0.25) is 4.79 Å². The first-order valence-electron chi connectivity index (χ1n) is 8.91. The summed E-state index contributed by atoms with van der Waals surface area (Å²) >= 11 is 6.05. The number of benzene rings is 1. The fourth-order valence-corrected chi connectivity index (χ4v) is 3.29. The smallest absolute Gasteiger partial charge is 0.269 e. The number of carbonyl (C=O) groups is 1. The molecule has 1 aliphatic carbocycles. The SMILES string of the molecule is Cc1nc([C@H](CNC(=O)c2cccc(-c3cccc(Cl)c3)n2)C2CC2)no1. The molecule has 0 saturated heterocycles. The van der Waals surface area contributed by atoms with Crippen LogP contribution in [0.2, 0.25) is 5.02 Å². The van der Waals surface area contributed by atoms with Gasteiger partial charge in [-0.1, -0.05) is 35.0 Å². The molecule has 0 unspecified atom stereocenters. The Morgan fingerprint density at radius 2 is 2.07 bits per heavy atom. The van der Waals surface area contributed by atoms with E-state index in [0.29, 0.717) is 40.6 Å². The summed E-state index contributed by atoms with van der Waals surface area (Å²) in [5.74, 6) is 1.55. The quantitative estimate of drug-likeness (QED) is 0.696. The van der Waals surface area contributed by atoms with E-state index in [-0.39, 0.29) is 11.8 Å². The van der Waals surface area contributed by atoms with Crippen molar-refractivity contribution in [2.75, 3.05) is 6.54 Å². The van der Waals surface area contributed by atoms with Crippen LogP contribution >= 0.6 is 11.6 Å². The number of nitrogens with zero attached hydrogens (tertiary/aromatic N) is 3. The zero-order valence-electron chi connectivity index (χ0n) is 14.9. The van der Waals surface area contributed by atoms with Gasteiger partial charge < -0.3 is 9.84 Å². The Morgan fingerprint density at radius 1 is 1.26 bits per heavy atom. The molecule has 1 saturated carbocycles. The summed E-state index contributed by atoms with van der Waals surface area (Å²) in [5.41, 5.74) is 1.94. The Bertz CT molecular complexity index is 968. The van der Waals surface area contributed by atoms with Gasteiger partial charge in [0.15, 0.2) is 5.82 Å². The highest BCUT2D eigenvalue weighted by Crippen LogP contribution is 2.41.